The highest BCUT2D eigenvalue weighted by molar-refractivity contribution is 7.14. The van der Waals surface area contributed by atoms with E-state index in [0.717, 1.165) is 22.6 Å². The molecular weight excluding hydrogens is 304 g/mol. The molecule has 0 saturated heterocycles. The maximum absolute atomic E-state index is 12.1. The van der Waals surface area contributed by atoms with Gasteiger partial charge in [0.25, 0.3) is 0 Å². The van der Waals surface area contributed by atoms with Crippen LogP contribution in [0.3, 0.4) is 0 Å². The predicted octanol–water partition coefficient (Wildman–Crippen LogP) is 3.95. The monoisotopic (exact) mass is 320 g/mol. The topological polar surface area (TPSA) is 43.4 Å². The number of fused-ring (bicyclic) bond motifs is 1. The lowest BCUT2D eigenvalue weighted by atomic mass is 10.2. The van der Waals surface area contributed by atoms with Crippen molar-refractivity contribution < 1.29 is 14.3 Å². The molecule has 0 bridgehead atoms. The lowest BCUT2D eigenvalue weighted by Gasteiger charge is -2.02. The van der Waals surface area contributed by atoms with Gasteiger partial charge in [-0.05, 0) is 50.8 Å². The maximum Gasteiger partial charge on any atom is 0.348 e. The van der Waals surface area contributed by atoms with E-state index in [1.165, 1.54) is 28.2 Å². The molecule has 1 aliphatic carbocycles. The number of carbonyl (C=O) groups excluding carboxylic acids is 2. The number of rotatable bonds is 4. The van der Waals surface area contributed by atoms with Crippen LogP contribution in [0, 0.1) is 13.8 Å². The first-order valence-electron chi connectivity index (χ1n) is 6.93. The minimum Gasteiger partial charge on any atom is -0.453 e. The van der Waals surface area contributed by atoms with E-state index in [4.69, 9.17) is 4.74 Å². The van der Waals surface area contributed by atoms with Crippen molar-refractivity contribution in [3.8, 4) is 0 Å². The van der Waals surface area contributed by atoms with Crippen LogP contribution < -0.4 is 0 Å². The Morgan fingerprint density at radius 1 is 1.19 bits per heavy atom. The molecule has 5 heteroatoms. The molecule has 0 N–H and O–H groups in total. The quantitative estimate of drug-likeness (QED) is 0.633. The summed E-state index contributed by atoms with van der Waals surface area (Å²) >= 11 is 3.09. The summed E-state index contributed by atoms with van der Waals surface area (Å²) in [5.41, 5.74) is 1.93. The Morgan fingerprint density at radius 2 is 2.00 bits per heavy atom. The van der Waals surface area contributed by atoms with E-state index in [-0.39, 0.29) is 18.4 Å². The Hall–Kier alpha value is -1.46. The second kappa shape index (κ2) is 5.73. The molecule has 1 aliphatic rings. The van der Waals surface area contributed by atoms with Crippen LogP contribution in [0.5, 0.6) is 0 Å². The van der Waals surface area contributed by atoms with Crippen LogP contribution in [0.2, 0.25) is 0 Å². The smallest absolute Gasteiger partial charge is 0.348 e. The number of carbonyl (C=O) groups is 2. The number of thiophene rings is 2. The van der Waals surface area contributed by atoms with Gasteiger partial charge in [0.1, 0.15) is 4.88 Å². The van der Waals surface area contributed by atoms with Gasteiger partial charge in [0, 0.05) is 20.2 Å². The minimum atomic E-state index is -0.382. The summed E-state index contributed by atoms with van der Waals surface area (Å²) < 4.78 is 5.17. The SMILES string of the molecule is Cc1cc(C(=O)COC(=O)c2cc3c(s2)CCC3)c(C)s1. The Bertz CT molecular complexity index is 688. The first-order chi connectivity index (χ1) is 10.0. The first kappa shape index (κ1) is 14.5. The zero-order valence-corrected chi connectivity index (χ0v) is 13.7. The van der Waals surface area contributed by atoms with Crippen LogP contribution in [0.4, 0.5) is 0 Å². The Balaban J connectivity index is 1.63. The van der Waals surface area contributed by atoms with Gasteiger partial charge in [-0.1, -0.05) is 0 Å². The number of hydrogen-bond donors (Lipinski definition) is 0. The highest BCUT2D eigenvalue weighted by atomic mass is 32.1. The molecule has 2 heterocycles. The molecule has 2 aromatic rings. The van der Waals surface area contributed by atoms with E-state index in [0.29, 0.717) is 10.4 Å². The van der Waals surface area contributed by atoms with Gasteiger partial charge < -0.3 is 4.74 Å². The summed E-state index contributed by atoms with van der Waals surface area (Å²) in [6.07, 6.45) is 3.27. The Kier molecular flexibility index (Phi) is 3.95. The average Bonchev–Trinajstić information content (AvgIpc) is 3.09. The van der Waals surface area contributed by atoms with E-state index in [1.54, 1.807) is 11.3 Å². The molecule has 21 heavy (non-hydrogen) atoms. The summed E-state index contributed by atoms with van der Waals surface area (Å²) in [6, 6.07) is 3.77. The van der Waals surface area contributed by atoms with Gasteiger partial charge >= 0.3 is 5.97 Å². The van der Waals surface area contributed by atoms with Gasteiger partial charge in [0.05, 0.1) is 0 Å². The zero-order valence-electron chi connectivity index (χ0n) is 12.0. The number of esters is 1. The molecule has 0 atom stereocenters. The van der Waals surface area contributed by atoms with Crippen molar-refractivity contribution in [2.24, 2.45) is 0 Å². The molecule has 2 aromatic heterocycles. The van der Waals surface area contributed by atoms with Crippen LogP contribution in [0.1, 0.15) is 46.6 Å². The van der Waals surface area contributed by atoms with Crippen molar-refractivity contribution in [2.45, 2.75) is 33.1 Å². The maximum atomic E-state index is 12.1. The van der Waals surface area contributed by atoms with Crippen molar-refractivity contribution in [1.29, 1.82) is 0 Å². The van der Waals surface area contributed by atoms with E-state index >= 15 is 0 Å². The normalized spacial score (nSPS) is 13.2. The molecule has 110 valence electrons. The van der Waals surface area contributed by atoms with Crippen LogP contribution >= 0.6 is 22.7 Å². The summed E-state index contributed by atoms with van der Waals surface area (Å²) in [5, 5.41) is 0. The zero-order chi connectivity index (χ0) is 15.0. The van der Waals surface area contributed by atoms with Crippen LogP contribution in [-0.4, -0.2) is 18.4 Å². The van der Waals surface area contributed by atoms with Gasteiger partial charge in [0.2, 0.25) is 5.78 Å². The third-order valence-corrected chi connectivity index (χ3v) is 5.81. The van der Waals surface area contributed by atoms with Crippen LogP contribution in [0.15, 0.2) is 12.1 Å². The van der Waals surface area contributed by atoms with Crippen molar-refractivity contribution in [2.75, 3.05) is 6.61 Å². The second-order valence-corrected chi connectivity index (χ2v) is 7.84. The fourth-order valence-electron chi connectivity index (χ4n) is 2.62. The summed E-state index contributed by atoms with van der Waals surface area (Å²) in [6.45, 7) is 3.70. The fourth-order valence-corrected chi connectivity index (χ4v) is 4.71. The van der Waals surface area contributed by atoms with Gasteiger partial charge in [-0.3, -0.25) is 4.79 Å². The molecule has 3 rings (SSSR count). The van der Waals surface area contributed by atoms with E-state index in [1.807, 2.05) is 26.0 Å². The molecule has 0 radical (unpaired) electrons. The predicted molar refractivity (Wildman–Crippen MR) is 84.8 cm³/mol. The number of aryl methyl sites for hydroxylation is 4. The fraction of sp³-hybridized carbons (Fsp3) is 0.375. The van der Waals surface area contributed by atoms with E-state index in [2.05, 4.69) is 0 Å². The van der Waals surface area contributed by atoms with Crippen molar-refractivity contribution >= 4 is 34.4 Å². The average molecular weight is 320 g/mol. The molecule has 3 nitrogen and oxygen atoms in total. The molecule has 0 saturated carbocycles. The first-order valence-corrected chi connectivity index (χ1v) is 8.57. The number of ketones is 1. The highest BCUT2D eigenvalue weighted by Crippen LogP contribution is 2.31. The summed E-state index contributed by atoms with van der Waals surface area (Å²) in [4.78, 5) is 28.1. The minimum absolute atomic E-state index is 0.130. The van der Waals surface area contributed by atoms with E-state index in [9.17, 15) is 9.59 Å². The van der Waals surface area contributed by atoms with Crippen LogP contribution in [-0.2, 0) is 17.6 Å². The molecule has 0 spiro atoms. The molecule has 0 aromatic carbocycles. The molecule has 0 fully saturated rings. The molecule has 0 unspecified atom stereocenters. The third kappa shape index (κ3) is 2.94. The molecular formula is C16H16O3S2. The Labute approximate surface area is 131 Å². The van der Waals surface area contributed by atoms with E-state index < -0.39 is 0 Å². The lowest BCUT2D eigenvalue weighted by molar-refractivity contribution is 0.0479. The lowest BCUT2D eigenvalue weighted by Crippen LogP contribution is -2.13. The second-order valence-electron chi connectivity index (χ2n) is 5.24. The van der Waals surface area contributed by atoms with Crippen molar-refractivity contribution in [1.82, 2.24) is 0 Å². The Morgan fingerprint density at radius 3 is 2.67 bits per heavy atom. The number of Topliss-reactive ketones (excluding diaryl/α,β-unsaturated/α-hetero) is 1. The van der Waals surface area contributed by atoms with Gasteiger partial charge in [-0.15, -0.1) is 22.7 Å². The summed E-state index contributed by atoms with van der Waals surface area (Å²) in [7, 11) is 0. The van der Waals surface area contributed by atoms with Crippen molar-refractivity contribution in [3.63, 3.8) is 0 Å². The summed E-state index contributed by atoms with van der Waals surface area (Å²) in [5.74, 6) is -0.512. The highest BCUT2D eigenvalue weighted by Gasteiger charge is 2.20. The van der Waals surface area contributed by atoms with Gasteiger partial charge in [-0.25, -0.2) is 4.79 Å². The van der Waals surface area contributed by atoms with Gasteiger partial charge in [-0.2, -0.15) is 0 Å². The van der Waals surface area contributed by atoms with Gasteiger partial charge in [0.15, 0.2) is 6.61 Å². The number of hydrogen-bond acceptors (Lipinski definition) is 5. The van der Waals surface area contributed by atoms with Crippen LogP contribution in [0.25, 0.3) is 0 Å². The van der Waals surface area contributed by atoms with Crippen molar-refractivity contribution in [3.05, 3.63) is 42.8 Å². The standard InChI is InChI=1S/C16H16O3S2/c1-9-6-12(10(2)20-9)13(17)8-19-16(18)15-7-11-4-3-5-14(11)21-15/h6-7H,3-5,8H2,1-2H3. The largest absolute Gasteiger partial charge is 0.453 e. The third-order valence-electron chi connectivity index (χ3n) is 3.62. The number of ether oxygens (including phenoxy) is 1. The molecule has 0 amide bonds. The molecule has 0 aliphatic heterocycles.